The first-order valence-electron chi connectivity index (χ1n) is 11.6. The lowest BCUT2D eigenvalue weighted by Crippen LogP contribution is -2.07. The van der Waals surface area contributed by atoms with Crippen LogP contribution in [0.15, 0.2) is 36.4 Å². The first-order chi connectivity index (χ1) is 13.8. The third-order valence-corrected chi connectivity index (χ3v) is 6.69. The van der Waals surface area contributed by atoms with Crippen LogP contribution >= 0.6 is 0 Å². The van der Waals surface area contributed by atoms with Gasteiger partial charge in [0.15, 0.2) is 5.78 Å². The second-order valence-electron chi connectivity index (χ2n) is 8.85. The van der Waals surface area contributed by atoms with Crippen molar-refractivity contribution in [2.45, 2.75) is 89.9 Å². The summed E-state index contributed by atoms with van der Waals surface area (Å²) in [4.78, 5) is 13.2. The summed E-state index contributed by atoms with van der Waals surface area (Å²) in [7, 11) is 0. The Balaban J connectivity index is 1.71. The lowest BCUT2D eigenvalue weighted by Gasteiger charge is -2.13. The van der Waals surface area contributed by atoms with Crippen molar-refractivity contribution in [3.05, 3.63) is 69.8 Å². The third kappa shape index (κ3) is 4.93. The Morgan fingerprint density at radius 3 is 1.75 bits per heavy atom. The van der Waals surface area contributed by atoms with E-state index in [0.29, 0.717) is 12.2 Å². The van der Waals surface area contributed by atoms with Crippen LogP contribution in [0.4, 0.5) is 0 Å². The van der Waals surface area contributed by atoms with Crippen LogP contribution in [0.5, 0.6) is 0 Å². The first kappa shape index (κ1) is 19.4. The van der Waals surface area contributed by atoms with Crippen molar-refractivity contribution in [2.24, 2.45) is 0 Å². The minimum atomic E-state index is 0.349. The molecule has 0 amide bonds. The molecule has 2 aliphatic carbocycles. The summed E-state index contributed by atoms with van der Waals surface area (Å²) in [6.45, 7) is 0. The molecule has 0 heterocycles. The van der Waals surface area contributed by atoms with Crippen molar-refractivity contribution in [3.8, 4) is 0 Å². The van der Waals surface area contributed by atoms with Crippen LogP contribution < -0.4 is 0 Å². The van der Waals surface area contributed by atoms with Crippen LogP contribution in [0.25, 0.3) is 0 Å². The number of carbonyl (C=O) groups excluding carboxylic acids is 1. The SMILES string of the molecule is O=C1CCc2cc3ccc2CCCCCCc2ccc(cc21)CCCCCC3. The van der Waals surface area contributed by atoms with E-state index in [2.05, 4.69) is 36.4 Å². The number of ketones is 1. The molecule has 2 aromatic carbocycles. The summed E-state index contributed by atoms with van der Waals surface area (Å²) in [6, 6.07) is 13.9. The number of benzene rings is 2. The lowest BCUT2D eigenvalue weighted by atomic mass is 9.91. The van der Waals surface area contributed by atoms with Gasteiger partial charge in [-0.2, -0.15) is 0 Å². The Morgan fingerprint density at radius 1 is 0.464 bits per heavy atom. The molecule has 1 nitrogen and oxygen atoms in total. The highest BCUT2D eigenvalue weighted by molar-refractivity contribution is 5.97. The summed E-state index contributed by atoms with van der Waals surface area (Å²) in [5.74, 6) is 0.349. The molecule has 0 fully saturated rings. The number of carbonyl (C=O) groups is 1. The summed E-state index contributed by atoms with van der Waals surface area (Å²) in [5.41, 5.74) is 8.03. The van der Waals surface area contributed by atoms with Crippen LogP contribution in [-0.2, 0) is 32.1 Å². The standard InChI is InChI=1S/C27H34O/c28-27-18-17-25-19-21-9-5-1-2-6-10-22-14-16-24(26(27)20-22)12-8-4-3-7-11-23(25)15-13-21/h13-16,19-20H,1-12,17-18H2. The molecular formula is C27H34O. The van der Waals surface area contributed by atoms with Crippen molar-refractivity contribution in [1.82, 2.24) is 0 Å². The molecule has 0 N–H and O–H groups in total. The Labute approximate surface area is 170 Å². The van der Waals surface area contributed by atoms with Gasteiger partial charge in [0.2, 0.25) is 0 Å². The van der Waals surface area contributed by atoms with E-state index >= 15 is 0 Å². The summed E-state index contributed by atoms with van der Waals surface area (Å²) >= 11 is 0. The molecule has 0 saturated heterocycles. The van der Waals surface area contributed by atoms with Crippen LogP contribution in [0.1, 0.15) is 96.0 Å². The van der Waals surface area contributed by atoms with Crippen LogP contribution in [0.2, 0.25) is 0 Å². The number of fused-ring (bicyclic) bond motifs is 4. The van der Waals surface area contributed by atoms with Gasteiger partial charge in [-0.05, 0) is 91.7 Å². The fourth-order valence-electron chi connectivity index (χ4n) is 4.95. The molecule has 148 valence electrons. The maximum atomic E-state index is 13.2. The Kier molecular flexibility index (Phi) is 6.62. The number of hydrogen-bond donors (Lipinski definition) is 0. The van der Waals surface area contributed by atoms with Gasteiger partial charge in [-0.3, -0.25) is 4.79 Å². The summed E-state index contributed by atoms with van der Waals surface area (Å²) < 4.78 is 0. The molecule has 0 aliphatic heterocycles. The molecule has 2 aliphatic rings. The smallest absolute Gasteiger partial charge is 0.163 e. The highest BCUT2D eigenvalue weighted by Crippen LogP contribution is 2.24. The van der Waals surface area contributed by atoms with Gasteiger partial charge < -0.3 is 0 Å². The van der Waals surface area contributed by atoms with E-state index in [4.69, 9.17) is 0 Å². The molecule has 0 unspecified atom stereocenters. The second-order valence-corrected chi connectivity index (χ2v) is 8.85. The molecule has 0 atom stereocenters. The fourth-order valence-corrected chi connectivity index (χ4v) is 4.95. The fraction of sp³-hybridized carbons (Fsp3) is 0.519. The van der Waals surface area contributed by atoms with Crippen LogP contribution in [-0.4, -0.2) is 5.78 Å². The number of rotatable bonds is 0. The van der Waals surface area contributed by atoms with Gasteiger partial charge in [-0.15, -0.1) is 0 Å². The highest BCUT2D eigenvalue weighted by Gasteiger charge is 2.15. The van der Waals surface area contributed by atoms with Crippen molar-refractivity contribution in [2.75, 3.05) is 0 Å². The molecule has 0 aromatic heterocycles. The zero-order valence-corrected chi connectivity index (χ0v) is 17.3. The van der Waals surface area contributed by atoms with E-state index in [1.807, 2.05) is 0 Å². The molecule has 0 saturated carbocycles. The largest absolute Gasteiger partial charge is 0.294 e. The number of aryl methyl sites for hydroxylation is 5. The minimum Gasteiger partial charge on any atom is -0.294 e. The van der Waals surface area contributed by atoms with Gasteiger partial charge in [-0.25, -0.2) is 0 Å². The molecule has 1 heteroatoms. The number of Topliss-reactive ketones (excluding diaryl/α,β-unsaturated/α-hetero) is 1. The third-order valence-electron chi connectivity index (χ3n) is 6.69. The highest BCUT2D eigenvalue weighted by atomic mass is 16.1. The molecule has 0 spiro atoms. The van der Waals surface area contributed by atoms with Crippen LogP contribution in [0, 0.1) is 0 Å². The zero-order valence-electron chi connectivity index (χ0n) is 17.3. The maximum absolute atomic E-state index is 13.2. The number of hydrogen-bond acceptors (Lipinski definition) is 1. The van der Waals surface area contributed by atoms with Gasteiger partial charge in [0.05, 0.1) is 0 Å². The second kappa shape index (κ2) is 9.54. The van der Waals surface area contributed by atoms with Gasteiger partial charge in [0.25, 0.3) is 0 Å². The zero-order chi connectivity index (χ0) is 19.2. The Bertz CT molecular complexity index is 817. The normalized spacial score (nSPS) is 18.9. The Hall–Kier alpha value is -1.89. The van der Waals surface area contributed by atoms with Gasteiger partial charge in [0.1, 0.15) is 0 Å². The van der Waals surface area contributed by atoms with E-state index in [9.17, 15) is 4.79 Å². The van der Waals surface area contributed by atoms with E-state index in [1.165, 1.54) is 92.0 Å². The molecular weight excluding hydrogens is 340 g/mol. The van der Waals surface area contributed by atoms with Crippen LogP contribution in [0.3, 0.4) is 0 Å². The minimum absolute atomic E-state index is 0.349. The lowest BCUT2D eigenvalue weighted by molar-refractivity contribution is 0.0981. The average molecular weight is 375 g/mol. The predicted molar refractivity (Wildman–Crippen MR) is 117 cm³/mol. The molecule has 28 heavy (non-hydrogen) atoms. The van der Waals surface area contributed by atoms with Crippen molar-refractivity contribution in [1.29, 1.82) is 0 Å². The monoisotopic (exact) mass is 374 g/mol. The van der Waals surface area contributed by atoms with Crippen molar-refractivity contribution in [3.63, 3.8) is 0 Å². The van der Waals surface area contributed by atoms with Gasteiger partial charge in [0, 0.05) is 12.0 Å². The average Bonchev–Trinajstić information content (AvgIpc) is 2.72. The van der Waals surface area contributed by atoms with Gasteiger partial charge >= 0.3 is 0 Å². The van der Waals surface area contributed by atoms with Crippen molar-refractivity contribution < 1.29 is 4.79 Å². The molecule has 0 radical (unpaired) electrons. The topological polar surface area (TPSA) is 17.1 Å². The maximum Gasteiger partial charge on any atom is 0.163 e. The quantitative estimate of drug-likeness (QED) is 0.494. The van der Waals surface area contributed by atoms with E-state index < -0.39 is 0 Å². The predicted octanol–water partition coefficient (Wildman–Crippen LogP) is 6.82. The van der Waals surface area contributed by atoms with E-state index in [1.54, 1.807) is 0 Å². The molecule has 4 bridgehead atoms. The van der Waals surface area contributed by atoms with E-state index in [0.717, 1.165) is 24.8 Å². The summed E-state index contributed by atoms with van der Waals surface area (Å²) in [6.07, 6.45) is 16.2. The Morgan fingerprint density at radius 2 is 1.04 bits per heavy atom. The van der Waals surface area contributed by atoms with Gasteiger partial charge in [-0.1, -0.05) is 56.0 Å². The first-order valence-corrected chi connectivity index (χ1v) is 11.6. The molecule has 4 rings (SSSR count). The molecule has 2 aromatic rings. The van der Waals surface area contributed by atoms with E-state index in [-0.39, 0.29) is 0 Å². The van der Waals surface area contributed by atoms with Crippen molar-refractivity contribution >= 4 is 5.78 Å². The summed E-state index contributed by atoms with van der Waals surface area (Å²) in [5, 5.41) is 0.